The third kappa shape index (κ3) is 3.08. The Morgan fingerprint density at radius 1 is 0.824 bits per heavy atom. The van der Waals surface area contributed by atoms with Crippen LogP contribution in [0.15, 0.2) is 48.5 Å². The van der Waals surface area contributed by atoms with E-state index in [1.807, 2.05) is 12.1 Å². The Labute approximate surface area is 102 Å². The fourth-order valence-corrected chi connectivity index (χ4v) is 1.62. The molecular weight excluding hydrogens is 212 g/mol. The second-order valence-electron chi connectivity index (χ2n) is 3.94. The summed E-state index contributed by atoms with van der Waals surface area (Å²) >= 11 is 0. The van der Waals surface area contributed by atoms with Crippen LogP contribution in [0.2, 0.25) is 0 Å². The van der Waals surface area contributed by atoms with Crippen molar-refractivity contribution in [2.24, 2.45) is 0 Å². The normalized spacial score (nSPS) is 10.2. The molecule has 0 atom stereocenters. The standard InChI is InChI=1S/C15H16O2/c1-12-3-5-13(6-4-12)14-7-9-15(10-8-14)17-11-16-2/h3-10H,11H2,1-2H3. The SMILES string of the molecule is COCOc1ccc(-c2ccc(C)cc2)cc1. The lowest BCUT2D eigenvalue weighted by molar-refractivity contribution is 0.0511. The maximum Gasteiger partial charge on any atom is 0.188 e. The zero-order chi connectivity index (χ0) is 12.1. The molecule has 2 nitrogen and oxygen atoms in total. The Hall–Kier alpha value is -1.80. The van der Waals surface area contributed by atoms with Crippen LogP contribution in [0, 0.1) is 6.92 Å². The number of methoxy groups -OCH3 is 1. The van der Waals surface area contributed by atoms with Crippen LogP contribution in [-0.4, -0.2) is 13.9 Å². The number of rotatable bonds is 4. The van der Waals surface area contributed by atoms with Gasteiger partial charge in [-0.1, -0.05) is 42.0 Å². The molecular formula is C15H16O2. The molecule has 2 heteroatoms. The zero-order valence-corrected chi connectivity index (χ0v) is 10.1. The van der Waals surface area contributed by atoms with Gasteiger partial charge < -0.3 is 9.47 Å². The number of hydrogen-bond donors (Lipinski definition) is 0. The summed E-state index contributed by atoms with van der Waals surface area (Å²) in [5.74, 6) is 0.822. The molecule has 2 aromatic rings. The number of hydrogen-bond acceptors (Lipinski definition) is 2. The van der Waals surface area contributed by atoms with Crippen LogP contribution >= 0.6 is 0 Å². The molecule has 0 bridgehead atoms. The molecule has 0 fully saturated rings. The molecule has 0 aliphatic rings. The summed E-state index contributed by atoms with van der Waals surface area (Å²) in [5.41, 5.74) is 3.68. The van der Waals surface area contributed by atoms with Gasteiger partial charge in [0.2, 0.25) is 0 Å². The third-order valence-electron chi connectivity index (χ3n) is 2.58. The third-order valence-corrected chi connectivity index (χ3v) is 2.58. The van der Waals surface area contributed by atoms with Gasteiger partial charge in [-0.2, -0.15) is 0 Å². The highest BCUT2D eigenvalue weighted by atomic mass is 16.7. The minimum Gasteiger partial charge on any atom is -0.468 e. The average Bonchev–Trinajstić information content (AvgIpc) is 2.38. The fraction of sp³-hybridized carbons (Fsp3) is 0.200. The van der Waals surface area contributed by atoms with Gasteiger partial charge in [0.25, 0.3) is 0 Å². The predicted octanol–water partition coefficient (Wildman–Crippen LogP) is 3.64. The molecule has 0 aliphatic carbocycles. The Kier molecular flexibility index (Phi) is 3.78. The minimum absolute atomic E-state index is 0.282. The Morgan fingerprint density at radius 2 is 1.35 bits per heavy atom. The molecule has 0 unspecified atom stereocenters. The highest BCUT2D eigenvalue weighted by molar-refractivity contribution is 5.64. The molecule has 2 aromatic carbocycles. The first-order valence-corrected chi connectivity index (χ1v) is 5.58. The van der Waals surface area contributed by atoms with Gasteiger partial charge in [0.05, 0.1) is 0 Å². The van der Waals surface area contributed by atoms with Crippen LogP contribution in [0.25, 0.3) is 11.1 Å². The zero-order valence-electron chi connectivity index (χ0n) is 10.1. The quantitative estimate of drug-likeness (QED) is 0.744. The molecule has 0 saturated heterocycles. The van der Waals surface area contributed by atoms with Gasteiger partial charge in [-0.3, -0.25) is 0 Å². The smallest absolute Gasteiger partial charge is 0.188 e. The topological polar surface area (TPSA) is 18.5 Å². The summed E-state index contributed by atoms with van der Waals surface area (Å²) in [4.78, 5) is 0. The van der Waals surface area contributed by atoms with Crippen molar-refractivity contribution in [3.8, 4) is 16.9 Å². The van der Waals surface area contributed by atoms with Gasteiger partial charge >= 0.3 is 0 Å². The predicted molar refractivity (Wildman–Crippen MR) is 69.1 cm³/mol. The Bertz CT molecular complexity index is 457. The van der Waals surface area contributed by atoms with Gasteiger partial charge in [0.15, 0.2) is 6.79 Å². The second kappa shape index (κ2) is 5.51. The lowest BCUT2D eigenvalue weighted by Crippen LogP contribution is -1.98. The van der Waals surface area contributed by atoms with Crippen molar-refractivity contribution < 1.29 is 9.47 Å². The van der Waals surface area contributed by atoms with Crippen molar-refractivity contribution in [1.82, 2.24) is 0 Å². The van der Waals surface area contributed by atoms with E-state index < -0.39 is 0 Å². The number of benzene rings is 2. The van der Waals surface area contributed by atoms with Crippen LogP contribution in [0.5, 0.6) is 5.75 Å². The molecule has 0 amide bonds. The maximum absolute atomic E-state index is 5.34. The van der Waals surface area contributed by atoms with Crippen LogP contribution in [0.3, 0.4) is 0 Å². The fourth-order valence-electron chi connectivity index (χ4n) is 1.62. The number of aryl methyl sites for hydroxylation is 1. The van der Waals surface area contributed by atoms with E-state index in [1.54, 1.807) is 7.11 Å². The van der Waals surface area contributed by atoms with Crippen molar-refractivity contribution in [3.63, 3.8) is 0 Å². The molecule has 0 radical (unpaired) electrons. The second-order valence-corrected chi connectivity index (χ2v) is 3.94. The molecule has 0 spiro atoms. The summed E-state index contributed by atoms with van der Waals surface area (Å²) < 4.78 is 10.2. The first-order valence-electron chi connectivity index (χ1n) is 5.58. The van der Waals surface area contributed by atoms with Crippen LogP contribution in [0.4, 0.5) is 0 Å². The van der Waals surface area contributed by atoms with E-state index in [-0.39, 0.29) is 6.79 Å². The van der Waals surface area contributed by atoms with Crippen molar-refractivity contribution in [2.75, 3.05) is 13.9 Å². The van der Waals surface area contributed by atoms with Crippen LogP contribution in [0.1, 0.15) is 5.56 Å². The van der Waals surface area contributed by atoms with Crippen molar-refractivity contribution in [1.29, 1.82) is 0 Å². The molecule has 0 N–H and O–H groups in total. The van der Waals surface area contributed by atoms with Crippen LogP contribution in [-0.2, 0) is 4.74 Å². The lowest BCUT2D eigenvalue weighted by Gasteiger charge is -2.06. The molecule has 0 aromatic heterocycles. The van der Waals surface area contributed by atoms with E-state index in [9.17, 15) is 0 Å². The first kappa shape index (κ1) is 11.7. The van der Waals surface area contributed by atoms with Crippen molar-refractivity contribution in [3.05, 3.63) is 54.1 Å². The van der Waals surface area contributed by atoms with E-state index in [4.69, 9.17) is 9.47 Å². The first-order chi connectivity index (χ1) is 8.29. The van der Waals surface area contributed by atoms with Gasteiger partial charge in [-0.25, -0.2) is 0 Å². The Morgan fingerprint density at radius 3 is 1.88 bits per heavy atom. The summed E-state index contributed by atoms with van der Waals surface area (Å²) in [5, 5.41) is 0. The molecule has 17 heavy (non-hydrogen) atoms. The minimum atomic E-state index is 0.282. The average molecular weight is 228 g/mol. The van der Waals surface area contributed by atoms with Crippen molar-refractivity contribution >= 4 is 0 Å². The van der Waals surface area contributed by atoms with E-state index in [0.29, 0.717) is 0 Å². The Balaban J connectivity index is 2.14. The molecule has 0 heterocycles. The highest BCUT2D eigenvalue weighted by Crippen LogP contribution is 2.22. The molecule has 0 aliphatic heterocycles. The largest absolute Gasteiger partial charge is 0.468 e. The molecule has 2 rings (SSSR count). The van der Waals surface area contributed by atoms with E-state index in [1.165, 1.54) is 16.7 Å². The highest BCUT2D eigenvalue weighted by Gasteiger charge is 1.98. The lowest BCUT2D eigenvalue weighted by atomic mass is 10.0. The van der Waals surface area contributed by atoms with Gasteiger partial charge in [0.1, 0.15) is 5.75 Å². The molecule has 0 saturated carbocycles. The van der Waals surface area contributed by atoms with Crippen LogP contribution < -0.4 is 4.74 Å². The number of ether oxygens (including phenoxy) is 2. The monoisotopic (exact) mass is 228 g/mol. The summed E-state index contributed by atoms with van der Waals surface area (Å²) in [7, 11) is 1.61. The van der Waals surface area contributed by atoms with Crippen molar-refractivity contribution in [2.45, 2.75) is 6.92 Å². The summed E-state index contributed by atoms with van der Waals surface area (Å²) in [6.45, 7) is 2.37. The van der Waals surface area contributed by atoms with E-state index in [2.05, 4.69) is 43.3 Å². The van der Waals surface area contributed by atoms with E-state index in [0.717, 1.165) is 5.75 Å². The van der Waals surface area contributed by atoms with E-state index >= 15 is 0 Å². The van der Waals surface area contributed by atoms with Gasteiger partial charge in [-0.15, -0.1) is 0 Å². The summed E-state index contributed by atoms with van der Waals surface area (Å²) in [6.07, 6.45) is 0. The maximum atomic E-state index is 5.34. The van der Waals surface area contributed by atoms with Gasteiger partial charge in [-0.05, 0) is 30.2 Å². The molecule has 88 valence electrons. The van der Waals surface area contributed by atoms with Gasteiger partial charge in [0, 0.05) is 7.11 Å². The summed E-state index contributed by atoms with van der Waals surface area (Å²) in [6, 6.07) is 16.5.